The van der Waals surface area contributed by atoms with E-state index in [1.807, 2.05) is 25.1 Å². The minimum absolute atomic E-state index is 0.0277. The van der Waals surface area contributed by atoms with E-state index in [2.05, 4.69) is 24.5 Å². The van der Waals surface area contributed by atoms with Gasteiger partial charge in [-0.25, -0.2) is 0 Å². The number of dihydropyridines is 1. The Bertz CT molecular complexity index is 1210. The Hall–Kier alpha value is -2.76. The van der Waals surface area contributed by atoms with Crippen LogP contribution in [0.5, 0.6) is 5.75 Å². The van der Waals surface area contributed by atoms with Gasteiger partial charge in [-0.05, 0) is 48.6 Å². The minimum Gasteiger partial charge on any atom is -0.495 e. The number of nitrogens with one attached hydrogen (secondary N) is 2. The summed E-state index contributed by atoms with van der Waals surface area (Å²) in [6, 6.07) is 12.5. The van der Waals surface area contributed by atoms with Gasteiger partial charge in [0.1, 0.15) is 5.75 Å². The summed E-state index contributed by atoms with van der Waals surface area (Å²) in [5.41, 5.74) is 3.77. The summed E-state index contributed by atoms with van der Waals surface area (Å²) in [6.45, 7) is 6.01. The molecule has 4 rings (SSSR count). The highest BCUT2D eigenvalue weighted by molar-refractivity contribution is 6.42. The van der Waals surface area contributed by atoms with Gasteiger partial charge in [0.25, 0.3) is 5.91 Å². The summed E-state index contributed by atoms with van der Waals surface area (Å²) in [6.07, 6.45) is 1.12. The number of para-hydroxylation sites is 2. The second kappa shape index (κ2) is 8.88. The van der Waals surface area contributed by atoms with Crippen LogP contribution < -0.4 is 15.4 Å². The molecule has 172 valence electrons. The van der Waals surface area contributed by atoms with Crippen molar-refractivity contribution in [2.24, 2.45) is 5.41 Å². The Morgan fingerprint density at radius 1 is 1.12 bits per heavy atom. The Balaban J connectivity index is 1.83. The fraction of sp³-hybridized carbons (Fsp3) is 0.308. The standard InChI is InChI=1S/C26H26Cl2N2O3/c1-14-22(25(32)30-18-7-5-6-8-21(18)33-4)23(15-9-10-16(27)17(28)11-15)24-19(29-14)12-26(2,3)13-20(24)31/h5-11,23,29H,12-13H2,1-4H3,(H,30,32)/t23-/m0/s1. The molecule has 1 amide bonds. The maximum atomic E-state index is 13.6. The zero-order valence-electron chi connectivity index (χ0n) is 19.0. The van der Waals surface area contributed by atoms with Crippen molar-refractivity contribution >= 4 is 40.6 Å². The van der Waals surface area contributed by atoms with Gasteiger partial charge in [0.2, 0.25) is 0 Å². The zero-order valence-corrected chi connectivity index (χ0v) is 20.5. The molecule has 0 radical (unpaired) electrons. The summed E-state index contributed by atoms with van der Waals surface area (Å²) in [7, 11) is 1.55. The molecule has 1 heterocycles. The van der Waals surface area contributed by atoms with Crippen LogP contribution in [0, 0.1) is 5.41 Å². The van der Waals surface area contributed by atoms with Crippen molar-refractivity contribution in [2.45, 2.75) is 39.5 Å². The molecule has 1 aliphatic carbocycles. The molecule has 1 aliphatic heterocycles. The number of halogens is 2. The lowest BCUT2D eigenvalue weighted by Crippen LogP contribution is -2.39. The van der Waals surface area contributed by atoms with E-state index in [0.717, 1.165) is 11.3 Å². The number of ketones is 1. The Morgan fingerprint density at radius 2 is 1.85 bits per heavy atom. The smallest absolute Gasteiger partial charge is 0.254 e. The fourth-order valence-electron chi connectivity index (χ4n) is 4.70. The second-order valence-corrected chi connectivity index (χ2v) is 10.1. The third kappa shape index (κ3) is 4.53. The first kappa shape index (κ1) is 23.4. The number of carbonyl (C=O) groups excluding carboxylic acids is 2. The van der Waals surface area contributed by atoms with Gasteiger partial charge in [-0.1, -0.05) is 55.2 Å². The van der Waals surface area contributed by atoms with Gasteiger partial charge in [0, 0.05) is 34.9 Å². The zero-order chi connectivity index (χ0) is 23.9. The summed E-state index contributed by atoms with van der Waals surface area (Å²) in [4.78, 5) is 27.0. The molecule has 2 aliphatic rings. The third-order valence-corrected chi connectivity index (χ3v) is 6.86. The van der Waals surface area contributed by atoms with Crippen LogP contribution >= 0.6 is 23.2 Å². The van der Waals surface area contributed by atoms with Crippen LogP contribution in [0.25, 0.3) is 0 Å². The van der Waals surface area contributed by atoms with Crippen LogP contribution in [0.4, 0.5) is 5.69 Å². The van der Waals surface area contributed by atoms with Crippen LogP contribution in [-0.4, -0.2) is 18.8 Å². The monoisotopic (exact) mass is 484 g/mol. The summed E-state index contributed by atoms with van der Waals surface area (Å²) < 4.78 is 5.38. The SMILES string of the molecule is COc1ccccc1NC(=O)C1=C(C)NC2=C(C(=O)CC(C)(C)C2)[C@H]1c1ccc(Cl)c(Cl)c1. The first-order valence-electron chi connectivity index (χ1n) is 10.7. The van der Waals surface area contributed by atoms with E-state index in [0.29, 0.717) is 51.2 Å². The number of carbonyl (C=O) groups is 2. The van der Waals surface area contributed by atoms with Crippen molar-refractivity contribution in [3.05, 3.63) is 80.6 Å². The first-order chi connectivity index (χ1) is 15.6. The van der Waals surface area contributed by atoms with Gasteiger partial charge >= 0.3 is 0 Å². The Labute approximate surface area is 203 Å². The van der Waals surface area contributed by atoms with Gasteiger partial charge in [-0.3, -0.25) is 9.59 Å². The number of methoxy groups -OCH3 is 1. The number of allylic oxidation sites excluding steroid dienone is 3. The van der Waals surface area contributed by atoms with E-state index in [1.54, 1.807) is 31.4 Å². The van der Waals surface area contributed by atoms with E-state index in [1.165, 1.54) is 0 Å². The normalized spacial score (nSPS) is 19.7. The Morgan fingerprint density at radius 3 is 2.55 bits per heavy atom. The van der Waals surface area contributed by atoms with Crippen molar-refractivity contribution in [3.8, 4) is 5.75 Å². The number of Topliss-reactive ketones (excluding diaryl/α,β-unsaturated/α-hetero) is 1. The molecule has 33 heavy (non-hydrogen) atoms. The third-order valence-electron chi connectivity index (χ3n) is 6.12. The van der Waals surface area contributed by atoms with Crippen molar-refractivity contribution in [1.29, 1.82) is 0 Å². The van der Waals surface area contributed by atoms with Gasteiger partial charge in [0.05, 0.1) is 22.8 Å². The van der Waals surface area contributed by atoms with Crippen LogP contribution in [0.3, 0.4) is 0 Å². The van der Waals surface area contributed by atoms with Gasteiger partial charge in [0.15, 0.2) is 5.78 Å². The predicted molar refractivity (Wildman–Crippen MR) is 132 cm³/mol. The number of rotatable bonds is 4. The topological polar surface area (TPSA) is 67.4 Å². The number of benzene rings is 2. The number of ether oxygens (including phenoxy) is 1. The van der Waals surface area contributed by atoms with E-state index < -0.39 is 5.92 Å². The molecule has 0 saturated carbocycles. The number of amides is 1. The maximum Gasteiger partial charge on any atom is 0.254 e. The first-order valence-corrected chi connectivity index (χ1v) is 11.5. The van der Waals surface area contributed by atoms with Crippen LogP contribution in [0.1, 0.15) is 45.1 Å². The minimum atomic E-state index is -0.561. The van der Waals surface area contributed by atoms with Crippen LogP contribution in [-0.2, 0) is 9.59 Å². The van der Waals surface area contributed by atoms with E-state index in [9.17, 15) is 9.59 Å². The molecular weight excluding hydrogens is 459 g/mol. The van der Waals surface area contributed by atoms with E-state index >= 15 is 0 Å². The summed E-state index contributed by atoms with van der Waals surface area (Å²) >= 11 is 12.5. The molecule has 2 aromatic rings. The second-order valence-electron chi connectivity index (χ2n) is 9.26. The van der Waals surface area contributed by atoms with Crippen molar-refractivity contribution in [3.63, 3.8) is 0 Å². The molecule has 0 unspecified atom stereocenters. The average Bonchev–Trinajstić information content (AvgIpc) is 2.74. The molecule has 5 nitrogen and oxygen atoms in total. The van der Waals surface area contributed by atoms with Crippen LogP contribution in [0.15, 0.2) is 65.0 Å². The van der Waals surface area contributed by atoms with E-state index in [-0.39, 0.29) is 17.1 Å². The molecular formula is C26H26Cl2N2O3. The lowest BCUT2D eigenvalue weighted by Gasteiger charge is -2.39. The predicted octanol–water partition coefficient (Wildman–Crippen LogP) is 6.24. The largest absolute Gasteiger partial charge is 0.495 e. The summed E-state index contributed by atoms with van der Waals surface area (Å²) in [5, 5.41) is 7.11. The average molecular weight is 485 g/mol. The number of hydrogen-bond acceptors (Lipinski definition) is 4. The number of anilines is 1. The van der Waals surface area contributed by atoms with Gasteiger partial charge in [-0.15, -0.1) is 0 Å². The van der Waals surface area contributed by atoms with Crippen molar-refractivity contribution < 1.29 is 14.3 Å². The van der Waals surface area contributed by atoms with Gasteiger partial charge in [-0.2, -0.15) is 0 Å². The fourth-order valence-corrected chi connectivity index (χ4v) is 5.01. The molecule has 0 saturated heterocycles. The molecule has 2 aromatic carbocycles. The van der Waals surface area contributed by atoms with Crippen LogP contribution in [0.2, 0.25) is 10.0 Å². The molecule has 7 heteroatoms. The van der Waals surface area contributed by atoms with Crippen molar-refractivity contribution in [2.75, 3.05) is 12.4 Å². The van der Waals surface area contributed by atoms with Crippen molar-refractivity contribution in [1.82, 2.24) is 5.32 Å². The van der Waals surface area contributed by atoms with Gasteiger partial charge < -0.3 is 15.4 Å². The molecule has 0 aromatic heterocycles. The van der Waals surface area contributed by atoms with E-state index in [4.69, 9.17) is 27.9 Å². The highest BCUT2D eigenvalue weighted by Crippen LogP contribution is 2.47. The molecule has 0 fully saturated rings. The molecule has 0 bridgehead atoms. The molecule has 2 N–H and O–H groups in total. The lowest BCUT2D eigenvalue weighted by molar-refractivity contribution is -0.118. The number of hydrogen-bond donors (Lipinski definition) is 2. The molecule has 1 atom stereocenters. The quantitative estimate of drug-likeness (QED) is 0.538. The highest BCUT2D eigenvalue weighted by Gasteiger charge is 2.42. The summed E-state index contributed by atoms with van der Waals surface area (Å²) in [5.74, 6) is -0.298. The highest BCUT2D eigenvalue weighted by atomic mass is 35.5. The Kier molecular flexibility index (Phi) is 6.30. The molecule has 0 spiro atoms. The maximum absolute atomic E-state index is 13.6. The lowest BCUT2D eigenvalue weighted by atomic mass is 9.68.